The Labute approximate surface area is 52.9 Å². The molecule has 0 rings (SSSR count). The molecule has 0 amide bonds. The van der Waals surface area contributed by atoms with Crippen molar-refractivity contribution in [2.24, 2.45) is 5.73 Å². The minimum absolute atomic E-state index is 0.579. The second-order valence-electron chi connectivity index (χ2n) is 2.65. The second kappa shape index (κ2) is 3.96. The predicted octanol–water partition coefficient (Wildman–Crippen LogP) is 1.29. The van der Waals surface area contributed by atoms with E-state index >= 15 is 0 Å². The van der Waals surface area contributed by atoms with Crippen LogP contribution in [0, 0.1) is 0 Å². The van der Waals surface area contributed by atoms with Crippen molar-refractivity contribution in [2.75, 3.05) is 6.54 Å². The molecule has 0 aromatic carbocycles. The zero-order chi connectivity index (χ0) is 6.57. The molecule has 0 saturated heterocycles. The molecule has 1 radical (unpaired) electrons. The highest BCUT2D eigenvalue weighted by Crippen LogP contribution is 2.07. The van der Waals surface area contributed by atoms with Crippen LogP contribution in [-0.2, 0) is 0 Å². The Morgan fingerprint density at radius 3 is 2.00 bits per heavy atom. The minimum atomic E-state index is 0.579. The van der Waals surface area contributed by atoms with Gasteiger partial charge in [0.1, 0.15) is 7.28 Å². The van der Waals surface area contributed by atoms with Crippen molar-refractivity contribution in [3.8, 4) is 0 Å². The van der Waals surface area contributed by atoms with Crippen LogP contribution in [-0.4, -0.2) is 13.8 Å². The van der Waals surface area contributed by atoms with Crippen molar-refractivity contribution in [3.05, 3.63) is 0 Å². The summed E-state index contributed by atoms with van der Waals surface area (Å²) in [5.74, 6) is 1.25. The van der Waals surface area contributed by atoms with Crippen LogP contribution in [0.25, 0.3) is 0 Å². The lowest BCUT2D eigenvalue weighted by Crippen LogP contribution is -2.13. The van der Waals surface area contributed by atoms with Crippen LogP contribution in [0.1, 0.15) is 20.8 Å². The van der Waals surface area contributed by atoms with Gasteiger partial charge in [-0.25, -0.2) is 0 Å². The smallest absolute Gasteiger partial charge is 0.118 e. The van der Waals surface area contributed by atoms with Gasteiger partial charge in [0.05, 0.1) is 0 Å². The van der Waals surface area contributed by atoms with Gasteiger partial charge in [-0.3, -0.25) is 0 Å². The zero-order valence-electron chi connectivity index (χ0n) is 6.02. The first-order valence-corrected chi connectivity index (χ1v) is 3.22. The summed E-state index contributed by atoms with van der Waals surface area (Å²) in [5, 5.41) is 0. The molecule has 1 atom stereocenters. The van der Waals surface area contributed by atoms with E-state index in [1.54, 1.807) is 0 Å². The Hall–Kier alpha value is 0.0249. The summed E-state index contributed by atoms with van der Waals surface area (Å²) in [5.41, 5.74) is 5.39. The van der Waals surface area contributed by atoms with Crippen LogP contribution >= 0.6 is 0 Å². The molecule has 0 aliphatic heterocycles. The summed E-state index contributed by atoms with van der Waals surface area (Å²) >= 11 is 0. The van der Waals surface area contributed by atoms with E-state index in [0.29, 0.717) is 11.6 Å². The summed E-state index contributed by atoms with van der Waals surface area (Å²) < 4.78 is 0. The summed E-state index contributed by atoms with van der Waals surface area (Å²) in [4.78, 5) is 0. The maximum atomic E-state index is 5.39. The average Bonchev–Trinajstić information content (AvgIpc) is 1.65. The van der Waals surface area contributed by atoms with Crippen LogP contribution in [0.4, 0.5) is 0 Å². The van der Waals surface area contributed by atoms with E-state index in [1.165, 1.54) is 0 Å². The van der Waals surface area contributed by atoms with E-state index in [2.05, 4.69) is 28.1 Å². The van der Waals surface area contributed by atoms with E-state index in [1.807, 2.05) is 0 Å². The molecule has 0 aliphatic carbocycles. The number of hydrogen-bond donors (Lipinski definition) is 1. The van der Waals surface area contributed by atoms with E-state index in [4.69, 9.17) is 5.73 Å². The van der Waals surface area contributed by atoms with Crippen molar-refractivity contribution in [1.82, 2.24) is 0 Å². The third-order valence-corrected chi connectivity index (χ3v) is 1.09. The first kappa shape index (κ1) is 8.02. The van der Waals surface area contributed by atoms with Gasteiger partial charge >= 0.3 is 0 Å². The quantitative estimate of drug-likeness (QED) is 0.547. The van der Waals surface area contributed by atoms with Crippen molar-refractivity contribution >= 4 is 7.28 Å². The molecule has 0 aromatic heterocycles. The highest BCUT2D eigenvalue weighted by atomic mass is 14.5. The molecule has 1 nitrogen and oxygen atoms in total. The molecule has 0 heterocycles. The van der Waals surface area contributed by atoms with Gasteiger partial charge in [-0.2, -0.15) is 0 Å². The molecule has 8 heavy (non-hydrogen) atoms. The number of nitrogens with two attached hydrogens (primary N) is 1. The molecule has 0 saturated carbocycles. The summed E-state index contributed by atoms with van der Waals surface area (Å²) in [7, 11) is 2.26. The van der Waals surface area contributed by atoms with Gasteiger partial charge in [0.2, 0.25) is 0 Å². The fourth-order valence-electron chi connectivity index (χ4n) is 0.736. The summed E-state index contributed by atoms with van der Waals surface area (Å²) in [6.45, 7) is 7.26. The van der Waals surface area contributed by atoms with Gasteiger partial charge in [-0.15, -0.1) is 0 Å². The third-order valence-electron chi connectivity index (χ3n) is 1.09. The van der Waals surface area contributed by atoms with Crippen molar-refractivity contribution in [3.63, 3.8) is 0 Å². The topological polar surface area (TPSA) is 26.0 Å². The van der Waals surface area contributed by atoms with Crippen LogP contribution in [0.5, 0.6) is 0 Å². The van der Waals surface area contributed by atoms with Gasteiger partial charge in [-0.05, 0) is 6.54 Å². The summed E-state index contributed by atoms with van der Waals surface area (Å²) in [6.07, 6.45) is 0. The minimum Gasteiger partial charge on any atom is -0.331 e. The fourth-order valence-corrected chi connectivity index (χ4v) is 0.736. The normalized spacial score (nSPS) is 14.1. The van der Waals surface area contributed by atoms with Crippen molar-refractivity contribution < 1.29 is 0 Å². The highest BCUT2D eigenvalue weighted by Gasteiger charge is 2.02. The molecule has 1 unspecified atom stereocenters. The maximum absolute atomic E-state index is 5.39. The average molecular weight is 112 g/mol. The first-order chi connectivity index (χ1) is 3.66. The largest absolute Gasteiger partial charge is 0.331 e. The lowest BCUT2D eigenvalue weighted by Gasteiger charge is -2.07. The third kappa shape index (κ3) is 4.19. The fraction of sp³-hybridized carbons (Fsp3) is 1.00. The van der Waals surface area contributed by atoms with Gasteiger partial charge in [0, 0.05) is 0 Å². The first-order valence-electron chi connectivity index (χ1n) is 3.22. The highest BCUT2D eigenvalue weighted by molar-refractivity contribution is 6.39. The maximum Gasteiger partial charge on any atom is 0.118 e. The van der Waals surface area contributed by atoms with Crippen LogP contribution in [0.15, 0.2) is 0 Å². The SMILES string of the molecule is CC(C)[B]C(C)CN. The van der Waals surface area contributed by atoms with Crippen molar-refractivity contribution in [1.29, 1.82) is 0 Å². The molecule has 0 aliphatic rings. The molecule has 0 aromatic rings. The molecule has 0 spiro atoms. The van der Waals surface area contributed by atoms with Gasteiger partial charge in [0.15, 0.2) is 0 Å². The summed E-state index contributed by atoms with van der Waals surface area (Å²) in [6, 6.07) is 0. The molecule has 2 heteroatoms. The molecule has 0 bridgehead atoms. The van der Waals surface area contributed by atoms with Gasteiger partial charge in [0.25, 0.3) is 0 Å². The molecule has 2 N–H and O–H groups in total. The van der Waals surface area contributed by atoms with E-state index < -0.39 is 0 Å². The van der Waals surface area contributed by atoms with E-state index in [0.717, 1.165) is 6.54 Å². The Kier molecular flexibility index (Phi) is 3.97. The van der Waals surface area contributed by atoms with Gasteiger partial charge < -0.3 is 5.73 Å². The lowest BCUT2D eigenvalue weighted by atomic mass is 9.57. The molecular weight excluding hydrogens is 96.9 g/mol. The predicted molar refractivity (Wildman–Crippen MR) is 39.3 cm³/mol. The molecular formula is C6H15BN. The monoisotopic (exact) mass is 112 g/mol. The second-order valence-corrected chi connectivity index (χ2v) is 2.65. The van der Waals surface area contributed by atoms with Gasteiger partial charge in [-0.1, -0.05) is 32.4 Å². The molecule has 47 valence electrons. The van der Waals surface area contributed by atoms with Crippen LogP contribution in [0.2, 0.25) is 11.6 Å². The lowest BCUT2D eigenvalue weighted by molar-refractivity contribution is 0.884. The standard InChI is InChI=1S/C6H15BN/c1-5(2)7-6(3)4-8/h5-6H,4,8H2,1-3H3. The zero-order valence-corrected chi connectivity index (χ0v) is 6.02. The Balaban J connectivity index is 3.10. The van der Waals surface area contributed by atoms with Crippen LogP contribution < -0.4 is 5.73 Å². The number of rotatable bonds is 3. The van der Waals surface area contributed by atoms with Crippen LogP contribution in [0.3, 0.4) is 0 Å². The van der Waals surface area contributed by atoms with E-state index in [-0.39, 0.29) is 0 Å². The van der Waals surface area contributed by atoms with Crippen molar-refractivity contribution in [2.45, 2.75) is 32.4 Å². The Bertz CT molecular complexity index is 54.5. The Morgan fingerprint density at radius 1 is 1.38 bits per heavy atom. The Morgan fingerprint density at radius 2 is 1.88 bits per heavy atom. The molecule has 0 fully saturated rings. The number of hydrogen-bond acceptors (Lipinski definition) is 1. The van der Waals surface area contributed by atoms with E-state index in [9.17, 15) is 0 Å².